The number of hydrogen-bond acceptors (Lipinski definition) is 3. The largest absolute Gasteiger partial charge is 0.491 e. The Labute approximate surface area is 120 Å². The van der Waals surface area contributed by atoms with Crippen LogP contribution in [0.25, 0.3) is 0 Å². The Morgan fingerprint density at radius 2 is 2.32 bits per heavy atom. The average Bonchev–Trinajstić information content (AvgIpc) is 2.45. The standard InChI is InChI=1S/C15H22ClNO2/c1-2-17-10-12-9-13(16)6-7-15(12)19-11-14-5-3-4-8-18-14/h6-7,9,14,17H,2-5,8,10-11H2,1H3. The van der Waals surface area contributed by atoms with Gasteiger partial charge in [-0.25, -0.2) is 0 Å². The predicted octanol–water partition coefficient (Wildman–Crippen LogP) is 3.40. The molecule has 1 N–H and O–H groups in total. The van der Waals surface area contributed by atoms with Crippen molar-refractivity contribution in [3.8, 4) is 5.75 Å². The molecule has 1 unspecified atom stereocenters. The van der Waals surface area contributed by atoms with Crippen LogP contribution in [0, 0.1) is 0 Å². The summed E-state index contributed by atoms with van der Waals surface area (Å²) in [4.78, 5) is 0. The lowest BCUT2D eigenvalue weighted by atomic mass is 10.1. The summed E-state index contributed by atoms with van der Waals surface area (Å²) in [5, 5.41) is 4.04. The second kappa shape index (κ2) is 7.73. The van der Waals surface area contributed by atoms with Crippen molar-refractivity contribution in [1.82, 2.24) is 5.32 Å². The van der Waals surface area contributed by atoms with Gasteiger partial charge in [-0.2, -0.15) is 0 Å². The molecule has 1 atom stereocenters. The maximum absolute atomic E-state index is 6.04. The van der Waals surface area contributed by atoms with Gasteiger partial charge in [-0.3, -0.25) is 0 Å². The smallest absolute Gasteiger partial charge is 0.124 e. The summed E-state index contributed by atoms with van der Waals surface area (Å²) < 4.78 is 11.6. The van der Waals surface area contributed by atoms with Crippen LogP contribution in [0.2, 0.25) is 5.02 Å². The fraction of sp³-hybridized carbons (Fsp3) is 0.600. The molecule has 0 amide bonds. The molecule has 0 spiro atoms. The quantitative estimate of drug-likeness (QED) is 0.868. The first-order chi connectivity index (χ1) is 9.29. The molecule has 0 bridgehead atoms. The van der Waals surface area contributed by atoms with Gasteiger partial charge < -0.3 is 14.8 Å². The highest BCUT2D eigenvalue weighted by Gasteiger charge is 2.15. The molecular weight excluding hydrogens is 262 g/mol. The zero-order chi connectivity index (χ0) is 13.5. The van der Waals surface area contributed by atoms with Crippen LogP contribution >= 0.6 is 11.6 Å². The highest BCUT2D eigenvalue weighted by atomic mass is 35.5. The third kappa shape index (κ3) is 4.68. The molecule has 4 heteroatoms. The maximum atomic E-state index is 6.04. The molecule has 0 aliphatic carbocycles. The Morgan fingerprint density at radius 1 is 1.42 bits per heavy atom. The van der Waals surface area contributed by atoms with E-state index in [1.165, 1.54) is 12.8 Å². The SMILES string of the molecule is CCNCc1cc(Cl)ccc1OCC1CCCCO1. The Balaban J connectivity index is 1.93. The van der Waals surface area contributed by atoms with Crippen LogP contribution in [-0.4, -0.2) is 25.9 Å². The van der Waals surface area contributed by atoms with E-state index in [9.17, 15) is 0 Å². The van der Waals surface area contributed by atoms with Gasteiger partial charge in [0, 0.05) is 23.7 Å². The molecular formula is C15H22ClNO2. The van der Waals surface area contributed by atoms with Crippen molar-refractivity contribution in [2.24, 2.45) is 0 Å². The zero-order valence-corrected chi connectivity index (χ0v) is 12.2. The van der Waals surface area contributed by atoms with E-state index in [2.05, 4.69) is 12.2 Å². The van der Waals surface area contributed by atoms with Crippen molar-refractivity contribution in [3.05, 3.63) is 28.8 Å². The number of rotatable bonds is 6. The molecule has 1 aromatic rings. The van der Waals surface area contributed by atoms with Gasteiger partial charge in [0.2, 0.25) is 0 Å². The summed E-state index contributed by atoms with van der Waals surface area (Å²) in [7, 11) is 0. The van der Waals surface area contributed by atoms with Crippen molar-refractivity contribution in [2.45, 2.75) is 38.8 Å². The summed E-state index contributed by atoms with van der Waals surface area (Å²) >= 11 is 6.04. The minimum Gasteiger partial charge on any atom is -0.491 e. The summed E-state index contributed by atoms with van der Waals surface area (Å²) in [6.45, 7) is 5.27. The van der Waals surface area contributed by atoms with Gasteiger partial charge >= 0.3 is 0 Å². The average molecular weight is 284 g/mol. The topological polar surface area (TPSA) is 30.5 Å². The van der Waals surface area contributed by atoms with Crippen LogP contribution < -0.4 is 10.1 Å². The number of halogens is 1. The number of hydrogen-bond donors (Lipinski definition) is 1. The van der Waals surface area contributed by atoms with E-state index in [0.29, 0.717) is 6.61 Å². The Hall–Kier alpha value is -0.770. The number of ether oxygens (including phenoxy) is 2. The molecule has 19 heavy (non-hydrogen) atoms. The number of benzene rings is 1. The zero-order valence-electron chi connectivity index (χ0n) is 11.5. The summed E-state index contributed by atoms with van der Waals surface area (Å²) in [5.74, 6) is 0.902. The molecule has 0 radical (unpaired) electrons. The van der Waals surface area contributed by atoms with E-state index in [-0.39, 0.29) is 6.10 Å². The first-order valence-corrected chi connectivity index (χ1v) is 7.41. The first kappa shape index (κ1) is 14.6. The van der Waals surface area contributed by atoms with Crippen LogP contribution in [0.1, 0.15) is 31.7 Å². The Bertz CT molecular complexity index is 392. The second-order valence-corrected chi connectivity index (χ2v) is 5.27. The second-order valence-electron chi connectivity index (χ2n) is 4.83. The summed E-state index contributed by atoms with van der Waals surface area (Å²) in [6.07, 6.45) is 3.73. The molecule has 2 rings (SSSR count). The van der Waals surface area contributed by atoms with Gasteiger partial charge in [-0.15, -0.1) is 0 Å². The minimum absolute atomic E-state index is 0.233. The van der Waals surface area contributed by atoms with E-state index >= 15 is 0 Å². The van der Waals surface area contributed by atoms with Crippen LogP contribution in [0.5, 0.6) is 5.75 Å². The maximum Gasteiger partial charge on any atom is 0.124 e. The highest BCUT2D eigenvalue weighted by molar-refractivity contribution is 6.30. The Morgan fingerprint density at radius 3 is 3.05 bits per heavy atom. The van der Waals surface area contributed by atoms with E-state index in [4.69, 9.17) is 21.1 Å². The molecule has 0 saturated carbocycles. The molecule has 1 saturated heterocycles. The summed E-state index contributed by atoms with van der Waals surface area (Å²) in [6, 6.07) is 5.77. The molecule has 1 fully saturated rings. The van der Waals surface area contributed by atoms with Crippen molar-refractivity contribution < 1.29 is 9.47 Å². The van der Waals surface area contributed by atoms with Gasteiger partial charge in [0.15, 0.2) is 0 Å². The van der Waals surface area contributed by atoms with Crippen molar-refractivity contribution >= 4 is 11.6 Å². The molecule has 1 heterocycles. The third-order valence-corrected chi connectivity index (χ3v) is 3.52. The molecule has 1 aromatic carbocycles. The van der Waals surface area contributed by atoms with Crippen LogP contribution in [0.4, 0.5) is 0 Å². The van der Waals surface area contributed by atoms with Gasteiger partial charge in [0.1, 0.15) is 12.4 Å². The molecule has 1 aliphatic heterocycles. The van der Waals surface area contributed by atoms with Gasteiger partial charge in [0.25, 0.3) is 0 Å². The van der Waals surface area contributed by atoms with E-state index in [1.807, 2.05) is 18.2 Å². The van der Waals surface area contributed by atoms with E-state index in [1.54, 1.807) is 0 Å². The highest BCUT2D eigenvalue weighted by Crippen LogP contribution is 2.24. The fourth-order valence-corrected chi connectivity index (χ4v) is 2.40. The van der Waals surface area contributed by atoms with Crippen LogP contribution in [0.15, 0.2) is 18.2 Å². The van der Waals surface area contributed by atoms with Gasteiger partial charge in [-0.05, 0) is 44.0 Å². The lowest BCUT2D eigenvalue weighted by Gasteiger charge is -2.23. The first-order valence-electron chi connectivity index (χ1n) is 7.03. The van der Waals surface area contributed by atoms with Gasteiger partial charge in [0.05, 0.1) is 6.10 Å². The van der Waals surface area contributed by atoms with Crippen LogP contribution in [0.3, 0.4) is 0 Å². The molecule has 3 nitrogen and oxygen atoms in total. The lowest BCUT2D eigenvalue weighted by molar-refractivity contribution is -0.0112. The monoisotopic (exact) mass is 283 g/mol. The van der Waals surface area contributed by atoms with Crippen molar-refractivity contribution in [2.75, 3.05) is 19.8 Å². The van der Waals surface area contributed by atoms with Gasteiger partial charge in [-0.1, -0.05) is 18.5 Å². The van der Waals surface area contributed by atoms with E-state index in [0.717, 1.165) is 42.5 Å². The summed E-state index contributed by atoms with van der Waals surface area (Å²) in [5.41, 5.74) is 1.10. The van der Waals surface area contributed by atoms with Crippen molar-refractivity contribution in [3.63, 3.8) is 0 Å². The minimum atomic E-state index is 0.233. The van der Waals surface area contributed by atoms with Crippen molar-refractivity contribution in [1.29, 1.82) is 0 Å². The molecule has 0 aromatic heterocycles. The van der Waals surface area contributed by atoms with E-state index < -0.39 is 0 Å². The lowest BCUT2D eigenvalue weighted by Crippen LogP contribution is -2.26. The third-order valence-electron chi connectivity index (χ3n) is 3.29. The molecule has 1 aliphatic rings. The predicted molar refractivity (Wildman–Crippen MR) is 77.9 cm³/mol. The fourth-order valence-electron chi connectivity index (χ4n) is 2.21. The Kier molecular flexibility index (Phi) is 5.95. The number of nitrogens with one attached hydrogen (secondary N) is 1. The van der Waals surface area contributed by atoms with Crippen LogP contribution in [-0.2, 0) is 11.3 Å². The normalized spacial score (nSPS) is 19.4. The molecule has 106 valence electrons.